The Morgan fingerprint density at radius 3 is 2.42 bits per heavy atom. The summed E-state index contributed by atoms with van der Waals surface area (Å²) in [5, 5.41) is 2.72. The molecule has 1 amide bonds. The van der Waals surface area contributed by atoms with Crippen LogP contribution in [0.15, 0.2) is 59.5 Å². The minimum atomic E-state index is -3.85. The zero-order valence-corrected chi connectivity index (χ0v) is 23.0. The van der Waals surface area contributed by atoms with E-state index in [4.69, 9.17) is 9.47 Å². The van der Waals surface area contributed by atoms with E-state index in [9.17, 15) is 13.2 Å². The number of aryl methyl sites for hydroxylation is 2. The van der Waals surface area contributed by atoms with E-state index in [0.717, 1.165) is 18.4 Å². The third-order valence-electron chi connectivity index (χ3n) is 5.51. The quantitative estimate of drug-likeness (QED) is 0.217. The molecule has 0 saturated carbocycles. The Hall–Kier alpha value is -3.92. The third kappa shape index (κ3) is 8.58. The summed E-state index contributed by atoms with van der Waals surface area (Å²) < 4.78 is 39.1. The first-order valence-electron chi connectivity index (χ1n) is 12.4. The smallest absolute Gasteiger partial charge is 0.263 e. The van der Waals surface area contributed by atoms with Crippen molar-refractivity contribution in [2.45, 2.75) is 51.3 Å². The van der Waals surface area contributed by atoms with Crippen molar-refractivity contribution in [2.75, 3.05) is 23.8 Å². The number of hydrogen-bond acceptors (Lipinski definition) is 7. The van der Waals surface area contributed by atoms with Gasteiger partial charge in [-0.15, -0.1) is 0 Å². The number of carbonyl (C=O) groups is 1. The average Bonchev–Trinajstić information content (AvgIpc) is 2.87. The Morgan fingerprint density at radius 2 is 1.74 bits per heavy atom. The highest BCUT2D eigenvalue weighted by molar-refractivity contribution is 7.92. The van der Waals surface area contributed by atoms with Crippen LogP contribution in [0.4, 0.5) is 11.5 Å². The fourth-order valence-electron chi connectivity index (χ4n) is 3.66. The lowest BCUT2D eigenvalue weighted by atomic mass is 10.2. The Kier molecular flexibility index (Phi) is 10.2. The van der Waals surface area contributed by atoms with Gasteiger partial charge in [-0.3, -0.25) is 9.52 Å². The largest absolute Gasteiger partial charge is 0.493 e. The molecule has 1 aromatic heterocycles. The maximum Gasteiger partial charge on any atom is 0.263 e. The summed E-state index contributed by atoms with van der Waals surface area (Å²) in [5.74, 6) is 1.57. The highest BCUT2D eigenvalue weighted by atomic mass is 32.2. The van der Waals surface area contributed by atoms with Gasteiger partial charge >= 0.3 is 0 Å². The zero-order valence-electron chi connectivity index (χ0n) is 22.2. The molecular weight excluding hydrogens is 504 g/mol. The summed E-state index contributed by atoms with van der Waals surface area (Å²) in [7, 11) is -2.27. The van der Waals surface area contributed by atoms with E-state index in [1.54, 1.807) is 39.2 Å². The van der Waals surface area contributed by atoms with Gasteiger partial charge in [0.25, 0.3) is 10.0 Å². The molecule has 0 saturated heterocycles. The van der Waals surface area contributed by atoms with Crippen molar-refractivity contribution in [1.29, 1.82) is 0 Å². The van der Waals surface area contributed by atoms with Gasteiger partial charge in [-0.05, 0) is 68.3 Å². The number of ether oxygens (including phenoxy) is 2. The molecular formula is C28H34N4O5S. The standard InChI is InChI=1S/C28H34N4O5S/c1-5-6-7-8-17-37-25-15-9-22(19-26(25)36-4)10-16-28(33)31-23-11-13-24(14-12-23)38(34,35)32-27-18-20(2)29-21(3)30-27/h9-16,18-19H,5-8,17H2,1-4H3,(H,31,33)(H,29,30,32)/b16-10+. The van der Waals surface area contributed by atoms with Gasteiger partial charge in [0.2, 0.25) is 5.91 Å². The van der Waals surface area contributed by atoms with Crippen LogP contribution in [0.25, 0.3) is 6.08 Å². The molecule has 2 N–H and O–H groups in total. The highest BCUT2D eigenvalue weighted by Gasteiger charge is 2.15. The maximum atomic E-state index is 12.7. The van der Waals surface area contributed by atoms with Crippen molar-refractivity contribution in [3.63, 3.8) is 0 Å². The topological polar surface area (TPSA) is 120 Å². The fourth-order valence-corrected chi connectivity index (χ4v) is 4.65. The number of amides is 1. The molecule has 2 aromatic carbocycles. The fraction of sp³-hybridized carbons (Fsp3) is 0.321. The molecule has 3 rings (SSSR count). The molecule has 9 nitrogen and oxygen atoms in total. The van der Waals surface area contributed by atoms with Gasteiger partial charge in [-0.1, -0.05) is 32.3 Å². The molecule has 0 unspecified atom stereocenters. The van der Waals surface area contributed by atoms with E-state index in [2.05, 4.69) is 26.9 Å². The number of nitrogens with zero attached hydrogens (tertiary/aromatic N) is 2. The number of aromatic nitrogens is 2. The van der Waals surface area contributed by atoms with Crippen LogP contribution in [0, 0.1) is 13.8 Å². The van der Waals surface area contributed by atoms with Crippen molar-refractivity contribution >= 4 is 33.5 Å². The Labute approximate surface area is 224 Å². The summed E-state index contributed by atoms with van der Waals surface area (Å²) in [6.45, 7) is 6.24. The van der Waals surface area contributed by atoms with Crippen LogP contribution in [0.2, 0.25) is 0 Å². The Morgan fingerprint density at radius 1 is 0.974 bits per heavy atom. The molecule has 0 aliphatic heterocycles. The highest BCUT2D eigenvalue weighted by Crippen LogP contribution is 2.29. The first-order valence-corrected chi connectivity index (χ1v) is 13.9. The van der Waals surface area contributed by atoms with Crippen LogP contribution in [-0.4, -0.2) is 38.0 Å². The maximum absolute atomic E-state index is 12.7. The predicted molar refractivity (Wildman–Crippen MR) is 149 cm³/mol. The summed E-state index contributed by atoms with van der Waals surface area (Å²) in [4.78, 5) is 20.7. The Balaban J connectivity index is 1.58. The molecule has 202 valence electrons. The van der Waals surface area contributed by atoms with Crippen LogP contribution in [0.5, 0.6) is 11.5 Å². The number of anilines is 2. The molecule has 0 spiro atoms. The van der Waals surface area contributed by atoms with E-state index in [-0.39, 0.29) is 16.6 Å². The second kappa shape index (κ2) is 13.6. The molecule has 0 fully saturated rings. The SMILES string of the molecule is CCCCCCOc1ccc(/C=C/C(=O)Nc2ccc(S(=O)(=O)Nc3cc(C)nc(C)n3)cc2)cc1OC. The van der Waals surface area contributed by atoms with E-state index >= 15 is 0 Å². The Bertz CT molecular complexity index is 1350. The number of rotatable bonds is 13. The van der Waals surface area contributed by atoms with Gasteiger partial charge in [-0.25, -0.2) is 18.4 Å². The minimum Gasteiger partial charge on any atom is -0.493 e. The summed E-state index contributed by atoms with van der Waals surface area (Å²) in [6.07, 6.45) is 7.54. The van der Waals surface area contributed by atoms with E-state index < -0.39 is 10.0 Å². The van der Waals surface area contributed by atoms with E-state index in [1.165, 1.54) is 43.2 Å². The zero-order chi connectivity index (χ0) is 27.5. The number of methoxy groups -OCH3 is 1. The number of hydrogen-bond donors (Lipinski definition) is 2. The lowest BCUT2D eigenvalue weighted by molar-refractivity contribution is -0.111. The van der Waals surface area contributed by atoms with Crippen molar-refractivity contribution in [3.8, 4) is 11.5 Å². The van der Waals surface area contributed by atoms with Crippen molar-refractivity contribution < 1.29 is 22.7 Å². The number of carbonyl (C=O) groups excluding carboxylic acids is 1. The molecule has 0 atom stereocenters. The molecule has 38 heavy (non-hydrogen) atoms. The van der Waals surface area contributed by atoms with Crippen LogP contribution in [0.3, 0.4) is 0 Å². The molecule has 0 aliphatic rings. The summed E-state index contributed by atoms with van der Waals surface area (Å²) in [5.41, 5.74) is 1.89. The van der Waals surface area contributed by atoms with Crippen LogP contribution in [-0.2, 0) is 14.8 Å². The first kappa shape index (κ1) is 28.6. The number of sulfonamides is 1. The van der Waals surface area contributed by atoms with Crippen molar-refractivity contribution in [2.24, 2.45) is 0 Å². The van der Waals surface area contributed by atoms with Gasteiger partial charge in [0.05, 0.1) is 18.6 Å². The monoisotopic (exact) mass is 538 g/mol. The van der Waals surface area contributed by atoms with Gasteiger partial charge in [0.1, 0.15) is 11.6 Å². The van der Waals surface area contributed by atoms with Gasteiger partial charge in [0, 0.05) is 23.5 Å². The van der Waals surface area contributed by atoms with Gasteiger partial charge < -0.3 is 14.8 Å². The normalized spacial score (nSPS) is 11.4. The number of benzene rings is 2. The molecule has 1 heterocycles. The van der Waals surface area contributed by atoms with Gasteiger partial charge in [0.15, 0.2) is 11.5 Å². The second-order valence-electron chi connectivity index (χ2n) is 8.71. The molecule has 10 heteroatoms. The summed E-state index contributed by atoms with van der Waals surface area (Å²) >= 11 is 0. The van der Waals surface area contributed by atoms with Crippen molar-refractivity contribution in [1.82, 2.24) is 9.97 Å². The van der Waals surface area contributed by atoms with Crippen LogP contribution >= 0.6 is 0 Å². The molecule has 0 bridgehead atoms. The van der Waals surface area contributed by atoms with E-state index in [1.807, 2.05) is 12.1 Å². The van der Waals surface area contributed by atoms with Gasteiger partial charge in [-0.2, -0.15) is 0 Å². The number of nitrogens with one attached hydrogen (secondary N) is 2. The average molecular weight is 539 g/mol. The van der Waals surface area contributed by atoms with Crippen molar-refractivity contribution in [3.05, 3.63) is 71.7 Å². The summed E-state index contributed by atoms with van der Waals surface area (Å²) in [6, 6.07) is 12.9. The van der Waals surface area contributed by atoms with E-state index in [0.29, 0.717) is 35.3 Å². The van der Waals surface area contributed by atoms with Crippen LogP contribution in [0.1, 0.15) is 49.7 Å². The third-order valence-corrected chi connectivity index (χ3v) is 6.88. The first-order chi connectivity index (χ1) is 18.2. The molecule has 3 aromatic rings. The second-order valence-corrected chi connectivity index (χ2v) is 10.4. The molecule has 0 aliphatic carbocycles. The lowest BCUT2D eigenvalue weighted by Crippen LogP contribution is -2.15. The predicted octanol–water partition coefficient (Wildman–Crippen LogP) is 5.51. The lowest BCUT2D eigenvalue weighted by Gasteiger charge is -2.11. The minimum absolute atomic E-state index is 0.0414. The molecule has 0 radical (unpaired) electrons. The number of unbranched alkanes of at least 4 members (excludes halogenated alkanes) is 3. The van der Waals surface area contributed by atoms with Crippen LogP contribution < -0.4 is 19.5 Å².